The summed E-state index contributed by atoms with van der Waals surface area (Å²) in [6.07, 6.45) is 1.74. The quantitative estimate of drug-likeness (QED) is 0.336. The zero-order chi connectivity index (χ0) is 24.1. The predicted molar refractivity (Wildman–Crippen MR) is 134 cm³/mol. The summed E-state index contributed by atoms with van der Waals surface area (Å²) < 4.78 is 21.0. The Morgan fingerprint density at radius 1 is 1.00 bits per heavy atom. The molecule has 1 heterocycles. The van der Waals surface area contributed by atoms with Crippen LogP contribution in [0.25, 0.3) is 16.9 Å². The number of amides is 1. The Morgan fingerprint density at radius 3 is 2.44 bits per heavy atom. The maximum Gasteiger partial charge on any atom is 0.253 e. The number of aromatic nitrogens is 1. The molecular weight excluding hydrogens is 427 g/mol. The molecule has 4 rings (SSSR count). The van der Waals surface area contributed by atoms with Crippen LogP contribution in [-0.2, 0) is 6.42 Å². The molecular formula is C29H29FN2O2. The molecule has 3 aromatic carbocycles. The lowest BCUT2D eigenvalue weighted by atomic mass is 10.1. The topological polar surface area (TPSA) is 43.3 Å². The van der Waals surface area contributed by atoms with Gasteiger partial charge in [-0.25, -0.2) is 4.39 Å². The summed E-state index contributed by atoms with van der Waals surface area (Å²) in [5.41, 5.74) is 5.16. The summed E-state index contributed by atoms with van der Waals surface area (Å²) in [4.78, 5) is 13.3. The zero-order valence-corrected chi connectivity index (χ0v) is 19.7. The third-order valence-corrected chi connectivity index (χ3v) is 6.03. The highest BCUT2D eigenvalue weighted by atomic mass is 19.1. The van der Waals surface area contributed by atoms with Crippen LogP contribution in [0.5, 0.6) is 5.75 Å². The first kappa shape index (κ1) is 23.3. The van der Waals surface area contributed by atoms with Crippen LogP contribution in [0.15, 0.2) is 84.9 Å². The van der Waals surface area contributed by atoms with Crippen molar-refractivity contribution in [3.05, 3.63) is 108 Å². The summed E-state index contributed by atoms with van der Waals surface area (Å²) in [5.74, 6) is 0.298. The highest BCUT2D eigenvalue weighted by molar-refractivity contribution is 5.97. The Labute approximate surface area is 200 Å². The molecule has 0 saturated heterocycles. The van der Waals surface area contributed by atoms with Gasteiger partial charge in [0.25, 0.3) is 5.91 Å². The lowest BCUT2D eigenvalue weighted by Gasteiger charge is -2.15. The molecule has 0 aliphatic heterocycles. The van der Waals surface area contributed by atoms with Crippen LogP contribution in [0.2, 0.25) is 0 Å². The maximum atomic E-state index is 13.6. The molecule has 1 unspecified atom stereocenters. The average molecular weight is 457 g/mol. The van der Waals surface area contributed by atoms with Gasteiger partial charge in [-0.05, 0) is 74.7 Å². The standard InChI is InChI=1S/C29H29FN2O2/c1-20(12-13-22-8-5-4-6-9-22)31-29(33)27-19-28(23-10-7-11-26(18-23)34-3)32(21(27)2)25-16-14-24(30)15-17-25/h4-11,14-20H,12-13H2,1-3H3,(H,31,33). The molecule has 0 aliphatic rings. The van der Waals surface area contributed by atoms with Crippen LogP contribution < -0.4 is 10.1 Å². The van der Waals surface area contributed by atoms with Gasteiger partial charge < -0.3 is 14.6 Å². The van der Waals surface area contributed by atoms with Gasteiger partial charge in [-0.1, -0.05) is 42.5 Å². The van der Waals surface area contributed by atoms with Gasteiger partial charge in [-0.15, -0.1) is 0 Å². The molecule has 1 aromatic heterocycles. The highest BCUT2D eigenvalue weighted by Gasteiger charge is 2.21. The van der Waals surface area contributed by atoms with Crippen LogP contribution in [0.3, 0.4) is 0 Å². The molecule has 1 amide bonds. The molecule has 4 nitrogen and oxygen atoms in total. The fourth-order valence-electron chi connectivity index (χ4n) is 4.16. The Kier molecular flexibility index (Phi) is 7.12. The van der Waals surface area contributed by atoms with Crippen LogP contribution >= 0.6 is 0 Å². The van der Waals surface area contributed by atoms with E-state index < -0.39 is 0 Å². The molecule has 34 heavy (non-hydrogen) atoms. The van der Waals surface area contributed by atoms with E-state index in [1.54, 1.807) is 19.2 Å². The minimum absolute atomic E-state index is 0.0153. The number of carbonyl (C=O) groups is 1. The second-order valence-electron chi connectivity index (χ2n) is 8.47. The minimum Gasteiger partial charge on any atom is -0.497 e. The van der Waals surface area contributed by atoms with Gasteiger partial charge in [0, 0.05) is 23.0 Å². The van der Waals surface area contributed by atoms with Gasteiger partial charge >= 0.3 is 0 Å². The van der Waals surface area contributed by atoms with Crippen LogP contribution in [-0.4, -0.2) is 23.6 Å². The van der Waals surface area contributed by atoms with Gasteiger partial charge in [0.05, 0.1) is 18.4 Å². The number of carbonyl (C=O) groups excluding carboxylic acids is 1. The lowest BCUT2D eigenvalue weighted by molar-refractivity contribution is 0.0938. The number of nitrogens with zero attached hydrogens (tertiary/aromatic N) is 1. The average Bonchev–Trinajstić information content (AvgIpc) is 3.21. The molecule has 5 heteroatoms. The fraction of sp³-hybridized carbons (Fsp3) is 0.207. The smallest absolute Gasteiger partial charge is 0.253 e. The minimum atomic E-state index is -0.304. The molecule has 0 radical (unpaired) electrons. The van der Waals surface area contributed by atoms with E-state index in [0.29, 0.717) is 5.56 Å². The molecule has 0 fully saturated rings. The second-order valence-corrected chi connectivity index (χ2v) is 8.47. The van der Waals surface area contributed by atoms with Crippen molar-refractivity contribution in [2.75, 3.05) is 7.11 Å². The lowest BCUT2D eigenvalue weighted by Crippen LogP contribution is -2.33. The van der Waals surface area contributed by atoms with Crippen molar-refractivity contribution in [2.24, 2.45) is 0 Å². The van der Waals surface area contributed by atoms with Crippen molar-refractivity contribution in [2.45, 2.75) is 32.7 Å². The van der Waals surface area contributed by atoms with Crippen molar-refractivity contribution in [1.29, 1.82) is 0 Å². The number of aryl methyl sites for hydroxylation is 1. The second kappa shape index (κ2) is 10.4. The molecule has 0 saturated carbocycles. The summed E-state index contributed by atoms with van der Waals surface area (Å²) in [6, 6.07) is 26.2. The number of hydrogen-bond acceptors (Lipinski definition) is 2. The van der Waals surface area contributed by atoms with E-state index in [1.807, 2.05) is 66.9 Å². The van der Waals surface area contributed by atoms with E-state index in [-0.39, 0.29) is 17.8 Å². The fourth-order valence-corrected chi connectivity index (χ4v) is 4.16. The number of methoxy groups -OCH3 is 1. The van der Waals surface area contributed by atoms with E-state index in [0.717, 1.165) is 41.2 Å². The third-order valence-electron chi connectivity index (χ3n) is 6.03. The number of halogens is 1. The van der Waals surface area contributed by atoms with Crippen molar-refractivity contribution < 1.29 is 13.9 Å². The van der Waals surface area contributed by atoms with Crippen LogP contribution in [0.1, 0.15) is 35.0 Å². The van der Waals surface area contributed by atoms with Crippen molar-refractivity contribution >= 4 is 5.91 Å². The van der Waals surface area contributed by atoms with E-state index >= 15 is 0 Å². The number of nitrogens with one attached hydrogen (secondary N) is 1. The van der Waals surface area contributed by atoms with Crippen molar-refractivity contribution in [3.8, 4) is 22.7 Å². The Hall–Kier alpha value is -3.86. The Balaban J connectivity index is 1.64. The molecule has 174 valence electrons. The first-order valence-corrected chi connectivity index (χ1v) is 11.4. The largest absolute Gasteiger partial charge is 0.497 e. The summed E-state index contributed by atoms with van der Waals surface area (Å²) in [6.45, 7) is 3.94. The first-order valence-electron chi connectivity index (χ1n) is 11.4. The SMILES string of the molecule is COc1cccc(-c2cc(C(=O)NC(C)CCc3ccccc3)c(C)n2-c2ccc(F)cc2)c1. The molecule has 0 aliphatic carbocycles. The van der Waals surface area contributed by atoms with Gasteiger partial charge in [-0.3, -0.25) is 4.79 Å². The van der Waals surface area contributed by atoms with Crippen LogP contribution in [0, 0.1) is 12.7 Å². The zero-order valence-electron chi connectivity index (χ0n) is 19.7. The van der Waals surface area contributed by atoms with Gasteiger partial charge in [0.2, 0.25) is 0 Å². The van der Waals surface area contributed by atoms with Gasteiger partial charge in [0.15, 0.2) is 0 Å². The van der Waals surface area contributed by atoms with E-state index in [9.17, 15) is 9.18 Å². The number of rotatable bonds is 8. The summed E-state index contributed by atoms with van der Waals surface area (Å²) >= 11 is 0. The van der Waals surface area contributed by atoms with Crippen molar-refractivity contribution in [3.63, 3.8) is 0 Å². The number of hydrogen-bond donors (Lipinski definition) is 1. The molecule has 1 atom stereocenters. The summed E-state index contributed by atoms with van der Waals surface area (Å²) in [7, 11) is 1.62. The first-order chi connectivity index (χ1) is 16.5. The van der Waals surface area contributed by atoms with E-state index in [2.05, 4.69) is 17.4 Å². The number of ether oxygens (including phenoxy) is 1. The molecule has 1 N–H and O–H groups in total. The maximum absolute atomic E-state index is 13.6. The van der Waals surface area contributed by atoms with Crippen LogP contribution in [0.4, 0.5) is 4.39 Å². The van der Waals surface area contributed by atoms with E-state index in [4.69, 9.17) is 4.74 Å². The number of benzene rings is 3. The normalized spacial score (nSPS) is 11.8. The molecule has 0 spiro atoms. The molecule has 0 bridgehead atoms. The summed E-state index contributed by atoms with van der Waals surface area (Å²) in [5, 5.41) is 3.15. The predicted octanol–water partition coefficient (Wildman–Crippen LogP) is 6.35. The van der Waals surface area contributed by atoms with Crippen molar-refractivity contribution in [1.82, 2.24) is 9.88 Å². The van der Waals surface area contributed by atoms with Gasteiger partial charge in [-0.2, -0.15) is 0 Å². The Morgan fingerprint density at radius 2 is 1.74 bits per heavy atom. The Bertz CT molecular complexity index is 1260. The monoisotopic (exact) mass is 456 g/mol. The molecule has 4 aromatic rings. The highest BCUT2D eigenvalue weighted by Crippen LogP contribution is 2.31. The third kappa shape index (κ3) is 5.20. The van der Waals surface area contributed by atoms with E-state index in [1.165, 1.54) is 17.7 Å². The van der Waals surface area contributed by atoms with Gasteiger partial charge in [0.1, 0.15) is 11.6 Å².